The molecule has 3 amide bonds. The minimum Gasteiger partial charge on any atom is -0.323 e. The molecule has 0 atom stereocenters. The second-order valence-electron chi connectivity index (χ2n) is 5.87. The molecule has 1 aliphatic rings. The molecule has 0 spiro atoms. The number of aromatic nitrogens is 2. The molecular weight excluding hydrogens is 308 g/mol. The van der Waals surface area contributed by atoms with Crippen molar-refractivity contribution < 1.29 is 14.4 Å². The van der Waals surface area contributed by atoms with Crippen molar-refractivity contribution in [1.82, 2.24) is 14.7 Å². The molecule has 0 saturated heterocycles. The number of amides is 3. The Labute approximate surface area is 139 Å². The van der Waals surface area contributed by atoms with Crippen LogP contribution in [0, 0.1) is 6.92 Å². The number of hydrogen-bond acceptors (Lipinski definition) is 4. The summed E-state index contributed by atoms with van der Waals surface area (Å²) >= 11 is 0. The smallest absolute Gasteiger partial charge is 0.261 e. The van der Waals surface area contributed by atoms with Crippen LogP contribution in [-0.2, 0) is 11.8 Å². The molecule has 0 unspecified atom stereocenters. The number of carbonyl (C=O) groups excluding carboxylic acids is 3. The molecule has 1 N–H and O–H groups in total. The lowest BCUT2D eigenvalue weighted by Gasteiger charge is -2.13. The number of anilines is 1. The summed E-state index contributed by atoms with van der Waals surface area (Å²) in [5.41, 5.74) is 2.44. The number of carbonyl (C=O) groups is 3. The number of hydrogen-bond donors (Lipinski definition) is 1. The summed E-state index contributed by atoms with van der Waals surface area (Å²) in [5.74, 6) is -0.746. The van der Waals surface area contributed by atoms with Crippen LogP contribution in [0.25, 0.3) is 0 Å². The highest BCUT2D eigenvalue weighted by atomic mass is 16.2. The topological polar surface area (TPSA) is 84.3 Å². The van der Waals surface area contributed by atoms with Gasteiger partial charge in [0, 0.05) is 26.2 Å². The molecule has 0 saturated carbocycles. The van der Waals surface area contributed by atoms with Gasteiger partial charge in [0.25, 0.3) is 11.8 Å². The third-order valence-electron chi connectivity index (χ3n) is 3.90. The first-order chi connectivity index (χ1) is 11.5. The highest BCUT2D eigenvalue weighted by Crippen LogP contribution is 2.24. The van der Waals surface area contributed by atoms with Crippen LogP contribution in [0.5, 0.6) is 0 Å². The van der Waals surface area contributed by atoms with Gasteiger partial charge in [-0.2, -0.15) is 5.10 Å². The average Bonchev–Trinajstić information content (AvgIpc) is 3.04. The summed E-state index contributed by atoms with van der Waals surface area (Å²) in [6.07, 6.45) is 3.90. The second-order valence-corrected chi connectivity index (χ2v) is 5.87. The Morgan fingerprint density at radius 2 is 1.96 bits per heavy atom. The number of aryl methyl sites for hydroxylation is 2. The Bertz CT molecular complexity index is 825. The van der Waals surface area contributed by atoms with Crippen molar-refractivity contribution in [3.05, 3.63) is 47.3 Å². The molecule has 7 nitrogen and oxygen atoms in total. The first kappa shape index (κ1) is 15.9. The molecule has 0 radical (unpaired) electrons. The van der Waals surface area contributed by atoms with Crippen molar-refractivity contribution >= 4 is 23.4 Å². The fraction of sp³-hybridized carbons (Fsp3) is 0.294. The third-order valence-corrected chi connectivity index (χ3v) is 3.90. The van der Waals surface area contributed by atoms with Crippen molar-refractivity contribution in [2.45, 2.75) is 19.8 Å². The van der Waals surface area contributed by atoms with Gasteiger partial charge in [-0.3, -0.25) is 24.0 Å². The highest BCUT2D eigenvalue weighted by molar-refractivity contribution is 6.21. The summed E-state index contributed by atoms with van der Waals surface area (Å²) in [4.78, 5) is 37.7. The summed E-state index contributed by atoms with van der Waals surface area (Å²) in [6, 6.07) is 5.22. The summed E-state index contributed by atoms with van der Waals surface area (Å²) < 4.78 is 1.59. The Kier molecular flexibility index (Phi) is 4.16. The van der Waals surface area contributed by atoms with Gasteiger partial charge in [-0.05, 0) is 25.5 Å². The second kappa shape index (κ2) is 6.27. The maximum absolute atomic E-state index is 12.3. The van der Waals surface area contributed by atoms with E-state index < -0.39 is 0 Å². The van der Waals surface area contributed by atoms with Crippen molar-refractivity contribution in [1.29, 1.82) is 0 Å². The molecule has 2 heterocycles. The largest absolute Gasteiger partial charge is 0.323 e. The molecule has 0 fully saturated rings. The van der Waals surface area contributed by atoms with Gasteiger partial charge in [0.2, 0.25) is 5.91 Å². The Morgan fingerprint density at radius 3 is 2.67 bits per heavy atom. The SMILES string of the molecule is Cc1ccc2c(c1)C(=O)N(CCCC(=O)Nc1cnn(C)c1)C2=O. The minimum atomic E-state index is -0.289. The molecule has 1 aromatic heterocycles. The minimum absolute atomic E-state index is 0.171. The van der Waals surface area contributed by atoms with E-state index in [-0.39, 0.29) is 30.7 Å². The van der Waals surface area contributed by atoms with Crippen LogP contribution in [0.1, 0.15) is 39.1 Å². The van der Waals surface area contributed by atoms with E-state index in [9.17, 15) is 14.4 Å². The maximum atomic E-state index is 12.3. The van der Waals surface area contributed by atoms with Gasteiger partial charge in [-0.15, -0.1) is 0 Å². The molecule has 24 heavy (non-hydrogen) atoms. The Morgan fingerprint density at radius 1 is 1.21 bits per heavy atom. The Hall–Kier alpha value is -2.96. The maximum Gasteiger partial charge on any atom is 0.261 e. The molecule has 124 valence electrons. The standard InChI is InChI=1S/C17H18N4O3/c1-11-5-6-13-14(8-11)17(24)21(16(13)23)7-3-4-15(22)19-12-9-18-20(2)10-12/h5-6,8-10H,3-4,7H2,1-2H3,(H,19,22). The van der Waals surface area contributed by atoms with E-state index in [2.05, 4.69) is 10.4 Å². The fourth-order valence-corrected chi connectivity index (χ4v) is 2.71. The number of rotatable bonds is 5. The van der Waals surface area contributed by atoms with Crippen LogP contribution in [0.3, 0.4) is 0 Å². The molecule has 3 rings (SSSR count). The van der Waals surface area contributed by atoms with Gasteiger partial charge in [0.15, 0.2) is 0 Å². The van der Waals surface area contributed by atoms with Gasteiger partial charge in [0.05, 0.1) is 23.0 Å². The van der Waals surface area contributed by atoms with E-state index in [0.29, 0.717) is 23.2 Å². The summed E-state index contributed by atoms with van der Waals surface area (Å²) in [5, 5.41) is 6.69. The van der Waals surface area contributed by atoms with Gasteiger partial charge in [-0.25, -0.2) is 0 Å². The van der Waals surface area contributed by atoms with E-state index in [4.69, 9.17) is 0 Å². The molecule has 0 bridgehead atoms. The van der Waals surface area contributed by atoms with Gasteiger partial charge < -0.3 is 5.32 Å². The average molecular weight is 326 g/mol. The zero-order chi connectivity index (χ0) is 17.3. The van der Waals surface area contributed by atoms with E-state index >= 15 is 0 Å². The normalized spacial score (nSPS) is 13.3. The van der Waals surface area contributed by atoms with Crippen molar-refractivity contribution in [2.24, 2.45) is 7.05 Å². The van der Waals surface area contributed by atoms with E-state index in [0.717, 1.165) is 5.56 Å². The van der Waals surface area contributed by atoms with E-state index in [1.165, 1.54) is 4.90 Å². The molecule has 2 aromatic rings. The first-order valence-corrected chi connectivity index (χ1v) is 7.71. The molecule has 0 aliphatic carbocycles. The van der Waals surface area contributed by atoms with Gasteiger partial charge in [-0.1, -0.05) is 11.6 Å². The van der Waals surface area contributed by atoms with E-state index in [1.807, 2.05) is 13.0 Å². The lowest BCUT2D eigenvalue weighted by Crippen LogP contribution is -2.31. The number of nitrogens with one attached hydrogen (secondary N) is 1. The number of nitrogens with zero attached hydrogens (tertiary/aromatic N) is 3. The van der Waals surface area contributed by atoms with Crippen LogP contribution in [0.2, 0.25) is 0 Å². The lowest BCUT2D eigenvalue weighted by atomic mass is 10.1. The zero-order valence-electron chi connectivity index (χ0n) is 13.6. The molecule has 7 heteroatoms. The third kappa shape index (κ3) is 3.05. The molecular formula is C17H18N4O3. The molecule has 1 aromatic carbocycles. The first-order valence-electron chi connectivity index (χ1n) is 7.71. The zero-order valence-corrected chi connectivity index (χ0v) is 13.6. The number of fused-ring (bicyclic) bond motifs is 1. The lowest BCUT2D eigenvalue weighted by molar-refractivity contribution is -0.116. The van der Waals surface area contributed by atoms with Crippen molar-refractivity contribution in [2.75, 3.05) is 11.9 Å². The van der Waals surface area contributed by atoms with Crippen LogP contribution in [-0.4, -0.2) is 38.9 Å². The van der Waals surface area contributed by atoms with E-state index in [1.54, 1.807) is 36.3 Å². The monoisotopic (exact) mass is 326 g/mol. The summed E-state index contributed by atoms with van der Waals surface area (Å²) in [7, 11) is 1.76. The summed E-state index contributed by atoms with van der Waals surface area (Å²) in [6.45, 7) is 2.11. The Balaban J connectivity index is 1.55. The van der Waals surface area contributed by atoms with Crippen LogP contribution < -0.4 is 5.32 Å². The quantitative estimate of drug-likeness (QED) is 0.848. The van der Waals surface area contributed by atoms with Crippen molar-refractivity contribution in [3.8, 4) is 0 Å². The van der Waals surface area contributed by atoms with Gasteiger partial charge >= 0.3 is 0 Å². The van der Waals surface area contributed by atoms with Crippen molar-refractivity contribution in [3.63, 3.8) is 0 Å². The van der Waals surface area contributed by atoms with Gasteiger partial charge in [0.1, 0.15) is 0 Å². The molecule has 1 aliphatic heterocycles. The predicted octanol–water partition coefficient (Wildman–Crippen LogP) is 1.74. The fourth-order valence-electron chi connectivity index (χ4n) is 2.71. The van der Waals surface area contributed by atoms with Crippen LogP contribution in [0.15, 0.2) is 30.6 Å². The predicted molar refractivity (Wildman–Crippen MR) is 87.6 cm³/mol. The highest BCUT2D eigenvalue weighted by Gasteiger charge is 2.34. The number of benzene rings is 1. The number of imide groups is 1. The van der Waals surface area contributed by atoms with Crippen LogP contribution in [0.4, 0.5) is 5.69 Å². The van der Waals surface area contributed by atoms with Crippen LogP contribution >= 0.6 is 0 Å².